The fraction of sp³-hybridized carbons (Fsp3) is 0.308. The highest BCUT2D eigenvalue weighted by Crippen LogP contribution is 2.28. The maximum Gasteiger partial charge on any atom is 0.352 e. The Morgan fingerprint density at radius 2 is 1.52 bits per heavy atom. The summed E-state index contributed by atoms with van der Waals surface area (Å²) < 4.78 is 16.1. The molecule has 0 amide bonds. The van der Waals surface area contributed by atoms with Crippen molar-refractivity contribution in [2.75, 3.05) is 40.4 Å². The van der Waals surface area contributed by atoms with Gasteiger partial charge in [0.05, 0.1) is 14.2 Å². The van der Waals surface area contributed by atoms with E-state index in [1.54, 1.807) is 12.1 Å². The van der Waals surface area contributed by atoms with Crippen molar-refractivity contribution >= 4 is 5.97 Å². The molecule has 0 radical (unpaired) electrons. The summed E-state index contributed by atoms with van der Waals surface area (Å²) in [6.45, 7) is 5.86. The quantitative estimate of drug-likeness (QED) is 0.386. The van der Waals surface area contributed by atoms with Gasteiger partial charge >= 0.3 is 5.97 Å². The van der Waals surface area contributed by atoms with Gasteiger partial charge in [0.1, 0.15) is 11.5 Å². The van der Waals surface area contributed by atoms with E-state index in [4.69, 9.17) is 14.2 Å². The van der Waals surface area contributed by atoms with Crippen LogP contribution >= 0.6 is 0 Å². The number of ether oxygens (including phenoxy) is 3. The van der Waals surface area contributed by atoms with E-state index in [0.29, 0.717) is 11.5 Å². The molecule has 1 aliphatic rings. The second kappa shape index (κ2) is 10.9. The third-order valence-electron chi connectivity index (χ3n) is 5.72. The molecular weight excluding hydrogens is 418 g/mol. The minimum atomic E-state index is -0.566. The average Bonchev–Trinajstić information content (AvgIpc) is 2.85. The highest BCUT2D eigenvalue weighted by molar-refractivity contribution is 5.96. The van der Waals surface area contributed by atoms with Crippen LogP contribution in [0.5, 0.6) is 17.4 Å². The van der Waals surface area contributed by atoms with Gasteiger partial charge in [-0.25, -0.2) is 9.78 Å². The van der Waals surface area contributed by atoms with Crippen molar-refractivity contribution in [3.63, 3.8) is 0 Å². The summed E-state index contributed by atoms with van der Waals surface area (Å²) in [6, 6.07) is 19.8. The number of esters is 1. The summed E-state index contributed by atoms with van der Waals surface area (Å²) in [4.78, 5) is 21.8. The maximum atomic E-state index is 12.8. The van der Waals surface area contributed by atoms with Crippen LogP contribution in [-0.4, -0.2) is 61.2 Å². The molecule has 0 spiro atoms. The molecule has 2 heterocycles. The minimum Gasteiger partial charge on any atom is -0.496 e. The smallest absolute Gasteiger partial charge is 0.352 e. The van der Waals surface area contributed by atoms with E-state index in [-0.39, 0.29) is 11.4 Å². The Morgan fingerprint density at radius 1 is 0.848 bits per heavy atom. The Labute approximate surface area is 194 Å². The van der Waals surface area contributed by atoms with Crippen LogP contribution in [0.1, 0.15) is 21.5 Å². The van der Waals surface area contributed by atoms with Gasteiger partial charge in [0, 0.05) is 45.5 Å². The molecule has 0 bridgehead atoms. The standard InChI is InChI=1S/C26H29N3O4/c1-31-23-11-12-27-25(32-2)24(23)26(30)33-22-10-6-9-21(17-22)19-29-15-13-28(14-16-29)18-20-7-4-3-5-8-20/h3-12,17H,13-16,18-19H2,1-2H3. The van der Waals surface area contributed by atoms with Crippen LogP contribution in [0.4, 0.5) is 0 Å². The molecule has 7 heteroatoms. The van der Waals surface area contributed by atoms with E-state index in [0.717, 1.165) is 44.8 Å². The van der Waals surface area contributed by atoms with Gasteiger partial charge in [0.2, 0.25) is 5.88 Å². The van der Waals surface area contributed by atoms with Crippen molar-refractivity contribution < 1.29 is 19.0 Å². The number of carbonyl (C=O) groups is 1. The predicted molar refractivity (Wildman–Crippen MR) is 126 cm³/mol. The summed E-state index contributed by atoms with van der Waals surface area (Å²) in [5.74, 6) is 0.442. The monoisotopic (exact) mass is 447 g/mol. The third-order valence-corrected chi connectivity index (χ3v) is 5.72. The first kappa shape index (κ1) is 22.8. The van der Waals surface area contributed by atoms with Gasteiger partial charge in [-0.15, -0.1) is 0 Å². The average molecular weight is 448 g/mol. The number of carbonyl (C=O) groups excluding carboxylic acids is 1. The lowest BCUT2D eigenvalue weighted by Crippen LogP contribution is -2.45. The van der Waals surface area contributed by atoms with Gasteiger partial charge in [-0.05, 0) is 29.3 Å². The van der Waals surface area contributed by atoms with Crippen molar-refractivity contribution in [1.82, 2.24) is 14.8 Å². The number of hydrogen-bond donors (Lipinski definition) is 0. The second-order valence-corrected chi connectivity index (χ2v) is 7.97. The number of nitrogens with zero attached hydrogens (tertiary/aromatic N) is 3. The summed E-state index contributed by atoms with van der Waals surface area (Å²) in [6.07, 6.45) is 1.52. The number of piperazine rings is 1. The van der Waals surface area contributed by atoms with E-state index in [1.165, 1.54) is 26.0 Å². The molecule has 0 aliphatic carbocycles. The molecule has 7 nitrogen and oxygen atoms in total. The molecule has 2 aromatic carbocycles. The number of hydrogen-bond acceptors (Lipinski definition) is 7. The Morgan fingerprint density at radius 3 is 2.18 bits per heavy atom. The Kier molecular flexibility index (Phi) is 7.55. The largest absolute Gasteiger partial charge is 0.496 e. The van der Waals surface area contributed by atoms with Crippen LogP contribution < -0.4 is 14.2 Å². The first-order valence-electron chi connectivity index (χ1n) is 11.0. The number of pyridine rings is 1. The molecule has 1 saturated heterocycles. The van der Waals surface area contributed by atoms with Crippen molar-refractivity contribution in [1.29, 1.82) is 0 Å². The fourth-order valence-corrected chi connectivity index (χ4v) is 4.01. The van der Waals surface area contributed by atoms with Gasteiger partial charge in [-0.3, -0.25) is 9.80 Å². The zero-order valence-corrected chi connectivity index (χ0v) is 19.1. The van der Waals surface area contributed by atoms with E-state index in [2.05, 4.69) is 51.2 Å². The van der Waals surface area contributed by atoms with Gasteiger partial charge in [0.25, 0.3) is 0 Å². The maximum absolute atomic E-state index is 12.8. The van der Waals surface area contributed by atoms with Crippen molar-refractivity contribution in [2.45, 2.75) is 13.1 Å². The van der Waals surface area contributed by atoms with Gasteiger partial charge in [-0.1, -0.05) is 42.5 Å². The fourth-order valence-electron chi connectivity index (χ4n) is 4.01. The number of benzene rings is 2. The third kappa shape index (κ3) is 5.88. The summed E-state index contributed by atoms with van der Waals surface area (Å²) >= 11 is 0. The zero-order valence-electron chi connectivity index (χ0n) is 19.1. The van der Waals surface area contributed by atoms with E-state index < -0.39 is 5.97 Å². The number of rotatable bonds is 8. The Balaban J connectivity index is 1.35. The lowest BCUT2D eigenvalue weighted by atomic mass is 10.1. The summed E-state index contributed by atoms with van der Waals surface area (Å²) in [7, 11) is 2.95. The Hall–Kier alpha value is -3.42. The van der Waals surface area contributed by atoms with Crippen LogP contribution in [0.15, 0.2) is 66.9 Å². The number of methoxy groups -OCH3 is 2. The van der Waals surface area contributed by atoms with E-state index in [9.17, 15) is 4.79 Å². The SMILES string of the molecule is COc1ccnc(OC)c1C(=O)Oc1cccc(CN2CCN(Cc3ccccc3)CC2)c1. The molecule has 172 valence electrons. The van der Waals surface area contributed by atoms with Crippen LogP contribution in [0.2, 0.25) is 0 Å². The van der Waals surface area contributed by atoms with E-state index >= 15 is 0 Å². The molecule has 3 aromatic rings. The van der Waals surface area contributed by atoms with Crippen LogP contribution in [0.25, 0.3) is 0 Å². The Bertz CT molecular complexity index is 1040. The summed E-state index contributed by atoms with van der Waals surface area (Å²) in [5.41, 5.74) is 2.62. The molecule has 0 unspecified atom stereocenters. The highest BCUT2D eigenvalue weighted by atomic mass is 16.5. The molecule has 0 N–H and O–H groups in total. The first-order valence-corrected chi connectivity index (χ1v) is 11.0. The van der Waals surface area contributed by atoms with Crippen LogP contribution in [0, 0.1) is 0 Å². The number of aromatic nitrogens is 1. The zero-order chi connectivity index (χ0) is 23.0. The lowest BCUT2D eigenvalue weighted by Gasteiger charge is -2.34. The van der Waals surface area contributed by atoms with Crippen molar-refractivity contribution in [3.8, 4) is 17.4 Å². The molecule has 0 atom stereocenters. The van der Waals surface area contributed by atoms with Gasteiger partial charge < -0.3 is 14.2 Å². The van der Waals surface area contributed by atoms with Gasteiger partial charge in [0.15, 0.2) is 5.56 Å². The molecular formula is C26H29N3O4. The van der Waals surface area contributed by atoms with Crippen molar-refractivity contribution in [2.24, 2.45) is 0 Å². The van der Waals surface area contributed by atoms with Gasteiger partial charge in [-0.2, -0.15) is 0 Å². The molecule has 1 aromatic heterocycles. The first-order chi connectivity index (χ1) is 16.2. The highest BCUT2D eigenvalue weighted by Gasteiger charge is 2.22. The minimum absolute atomic E-state index is 0.169. The van der Waals surface area contributed by atoms with Crippen LogP contribution in [0.3, 0.4) is 0 Å². The molecule has 1 fully saturated rings. The van der Waals surface area contributed by atoms with Crippen molar-refractivity contribution in [3.05, 3.63) is 83.6 Å². The summed E-state index contributed by atoms with van der Waals surface area (Å²) in [5, 5.41) is 0. The lowest BCUT2D eigenvalue weighted by molar-refractivity contribution is 0.0726. The molecule has 1 aliphatic heterocycles. The normalized spacial score (nSPS) is 14.6. The van der Waals surface area contributed by atoms with E-state index in [1.807, 2.05) is 12.1 Å². The molecule has 33 heavy (non-hydrogen) atoms. The topological polar surface area (TPSA) is 64.1 Å². The predicted octanol–water partition coefficient (Wildman–Crippen LogP) is 3.64. The molecule has 4 rings (SSSR count). The van der Waals surface area contributed by atoms with Crippen LogP contribution in [-0.2, 0) is 13.1 Å². The second-order valence-electron chi connectivity index (χ2n) is 7.97. The molecule has 0 saturated carbocycles.